The molecule has 0 saturated carbocycles. The Morgan fingerprint density at radius 1 is 1.08 bits per heavy atom. The van der Waals surface area contributed by atoms with Crippen molar-refractivity contribution < 1.29 is 31.9 Å². The minimum atomic E-state index is -4.71. The number of piperazine rings is 1. The van der Waals surface area contributed by atoms with E-state index in [1.807, 2.05) is 0 Å². The van der Waals surface area contributed by atoms with Gasteiger partial charge in [0.05, 0.1) is 35.4 Å². The average Bonchev–Trinajstić information content (AvgIpc) is 3.35. The summed E-state index contributed by atoms with van der Waals surface area (Å²) in [6.07, 6.45) is 3.51. The van der Waals surface area contributed by atoms with Crippen LogP contribution in [0.3, 0.4) is 0 Å². The monoisotopic (exact) mass is 691 g/mol. The van der Waals surface area contributed by atoms with Gasteiger partial charge >= 0.3 is 6.03 Å². The summed E-state index contributed by atoms with van der Waals surface area (Å²) in [6.45, 7) is 5.82. The van der Waals surface area contributed by atoms with Crippen LogP contribution in [0.15, 0.2) is 59.6 Å². The summed E-state index contributed by atoms with van der Waals surface area (Å²) >= 11 is 0. The van der Waals surface area contributed by atoms with Gasteiger partial charge in [-0.2, -0.15) is 9.57 Å². The fourth-order valence-electron chi connectivity index (χ4n) is 6.85. The molecule has 3 aliphatic heterocycles. The van der Waals surface area contributed by atoms with Crippen molar-refractivity contribution in [3.63, 3.8) is 0 Å². The van der Waals surface area contributed by atoms with Crippen LogP contribution in [0.2, 0.25) is 0 Å². The van der Waals surface area contributed by atoms with Gasteiger partial charge in [-0.1, -0.05) is 0 Å². The molecule has 0 radical (unpaired) electrons. The zero-order chi connectivity index (χ0) is 34.9. The zero-order valence-corrected chi connectivity index (χ0v) is 28.4. The highest BCUT2D eigenvalue weighted by Crippen LogP contribution is 2.49. The second-order valence-corrected chi connectivity index (χ2v) is 14.0. The summed E-state index contributed by atoms with van der Waals surface area (Å²) < 4.78 is 55.4. The lowest BCUT2D eigenvalue weighted by Crippen LogP contribution is -2.61. The first kappa shape index (κ1) is 34.1. The van der Waals surface area contributed by atoms with Gasteiger partial charge in [0.2, 0.25) is 5.88 Å². The molecule has 2 saturated heterocycles. The van der Waals surface area contributed by atoms with Crippen molar-refractivity contribution in [3.05, 3.63) is 77.2 Å². The number of likely N-dealkylation sites (tertiary alicyclic amines) is 1. The molecular formula is C34H38FN7O6S. The maximum atomic E-state index is 15.3. The third kappa shape index (κ3) is 6.04. The van der Waals surface area contributed by atoms with E-state index < -0.39 is 38.9 Å². The molecule has 13 nitrogen and oxygen atoms in total. The number of piperidine rings is 1. The molecule has 1 N–H and O–H groups in total. The highest BCUT2D eigenvalue weighted by Gasteiger charge is 2.59. The standard InChI is InChI=1S/C34H38FN7O6S/c1-4-48-31-27(6-5-13-37-31)34(38-33(44)41-18-16-40(17-19-41)24-11-14-39(2)15-12-24)28-20-23(22-36)29(35)21-30(28)42(32(34)43)49(45,46)26-9-7-25(47-3)8-10-26/h5-10,13,20-21,24H,4,11-12,14-19H2,1-3H3,(H,38,44). The number of nitrogens with zero attached hydrogens (tertiary/aromatic N) is 6. The van der Waals surface area contributed by atoms with Crippen LogP contribution in [0.25, 0.3) is 0 Å². The zero-order valence-electron chi connectivity index (χ0n) is 27.6. The van der Waals surface area contributed by atoms with Crippen molar-refractivity contribution in [2.45, 2.75) is 36.2 Å². The predicted octanol–water partition coefficient (Wildman–Crippen LogP) is 2.90. The molecule has 3 aliphatic rings. The lowest BCUT2D eigenvalue weighted by molar-refractivity contribution is -0.121. The molecule has 1 atom stereocenters. The number of sulfonamides is 1. The van der Waals surface area contributed by atoms with Crippen molar-refractivity contribution in [2.24, 2.45) is 0 Å². The molecule has 1 unspecified atom stereocenters. The van der Waals surface area contributed by atoms with Gasteiger partial charge in [-0.25, -0.2) is 22.6 Å². The predicted molar refractivity (Wildman–Crippen MR) is 177 cm³/mol. The number of methoxy groups -OCH3 is 1. The second kappa shape index (κ2) is 13.6. The van der Waals surface area contributed by atoms with E-state index in [1.165, 1.54) is 49.7 Å². The SMILES string of the molecule is CCOc1ncccc1C1(NC(=O)N2CCN(C3CCN(C)CC3)CC2)C(=O)N(S(=O)(=O)c2ccc(OC)cc2)c2cc(F)c(C#N)cc21. The summed E-state index contributed by atoms with van der Waals surface area (Å²) in [6, 6.07) is 11.9. The number of nitriles is 1. The van der Waals surface area contributed by atoms with Crippen molar-refractivity contribution in [2.75, 3.05) is 64.3 Å². The molecule has 0 aliphatic carbocycles. The molecule has 0 spiro atoms. The summed E-state index contributed by atoms with van der Waals surface area (Å²) in [7, 11) is -1.18. The van der Waals surface area contributed by atoms with E-state index in [4.69, 9.17) is 9.47 Å². The van der Waals surface area contributed by atoms with E-state index in [2.05, 4.69) is 27.1 Å². The Morgan fingerprint density at radius 3 is 2.41 bits per heavy atom. The first-order chi connectivity index (χ1) is 23.5. The fourth-order valence-corrected chi connectivity index (χ4v) is 8.31. The maximum absolute atomic E-state index is 15.3. The van der Waals surface area contributed by atoms with Crippen LogP contribution in [0, 0.1) is 17.1 Å². The Bertz CT molecular complexity index is 1890. The minimum absolute atomic E-state index is 0.0318. The van der Waals surface area contributed by atoms with Gasteiger partial charge in [0, 0.05) is 50.0 Å². The molecular weight excluding hydrogens is 653 g/mol. The van der Waals surface area contributed by atoms with Crippen molar-refractivity contribution in [1.29, 1.82) is 5.26 Å². The first-order valence-corrected chi connectivity index (χ1v) is 17.5. The van der Waals surface area contributed by atoms with Gasteiger partial charge < -0.3 is 24.6 Å². The third-order valence-electron chi connectivity index (χ3n) is 9.49. The number of carbonyl (C=O) groups is 2. The van der Waals surface area contributed by atoms with Crippen LogP contribution in [-0.4, -0.2) is 106 Å². The Morgan fingerprint density at radius 2 is 1.78 bits per heavy atom. The minimum Gasteiger partial charge on any atom is -0.497 e. The lowest BCUT2D eigenvalue weighted by Gasteiger charge is -2.43. The van der Waals surface area contributed by atoms with Gasteiger partial charge in [0.25, 0.3) is 15.9 Å². The maximum Gasteiger partial charge on any atom is 0.318 e. The van der Waals surface area contributed by atoms with Gasteiger partial charge in [0.1, 0.15) is 17.6 Å². The van der Waals surface area contributed by atoms with Gasteiger partial charge in [-0.15, -0.1) is 0 Å². The number of benzene rings is 2. The fraction of sp³-hybridized carbons (Fsp3) is 0.412. The highest BCUT2D eigenvalue weighted by molar-refractivity contribution is 7.93. The Labute approximate surface area is 284 Å². The van der Waals surface area contributed by atoms with Crippen molar-refractivity contribution >= 4 is 27.6 Å². The molecule has 2 fully saturated rings. The lowest BCUT2D eigenvalue weighted by atomic mass is 9.83. The van der Waals surface area contributed by atoms with E-state index in [1.54, 1.807) is 17.9 Å². The number of anilines is 1. The van der Waals surface area contributed by atoms with Crippen LogP contribution in [0.1, 0.15) is 36.5 Å². The van der Waals surface area contributed by atoms with Crippen LogP contribution in [-0.2, 0) is 20.4 Å². The van der Waals surface area contributed by atoms with Gasteiger partial charge in [-0.3, -0.25) is 9.69 Å². The normalized spacial score (nSPS) is 20.5. The van der Waals surface area contributed by atoms with E-state index in [0.29, 0.717) is 42.3 Å². The number of ether oxygens (including phenoxy) is 2. The van der Waals surface area contributed by atoms with Gasteiger partial charge in [-0.05, 0) is 82.4 Å². The van der Waals surface area contributed by atoms with Crippen LogP contribution in [0.5, 0.6) is 11.6 Å². The number of urea groups is 1. The number of carbonyl (C=O) groups excluding carboxylic acids is 2. The molecule has 2 aromatic carbocycles. The summed E-state index contributed by atoms with van der Waals surface area (Å²) in [5.41, 5.74) is -3.14. The highest BCUT2D eigenvalue weighted by atomic mass is 32.2. The van der Waals surface area contributed by atoms with Crippen LogP contribution >= 0.6 is 0 Å². The molecule has 258 valence electrons. The number of hydrogen-bond donors (Lipinski definition) is 1. The second-order valence-electron chi connectivity index (χ2n) is 12.2. The largest absolute Gasteiger partial charge is 0.497 e. The number of fused-ring (bicyclic) bond motifs is 1. The molecule has 15 heteroatoms. The third-order valence-corrected chi connectivity index (χ3v) is 11.2. The first-order valence-electron chi connectivity index (χ1n) is 16.1. The molecule has 3 amide bonds. The molecule has 1 aromatic heterocycles. The van der Waals surface area contributed by atoms with Gasteiger partial charge in [0.15, 0.2) is 5.54 Å². The van der Waals surface area contributed by atoms with Crippen molar-refractivity contribution in [1.82, 2.24) is 25.0 Å². The number of halogens is 1. The van der Waals surface area contributed by atoms with E-state index in [0.717, 1.165) is 38.1 Å². The number of pyridine rings is 1. The summed E-state index contributed by atoms with van der Waals surface area (Å²) in [4.78, 5) is 39.5. The van der Waals surface area contributed by atoms with E-state index in [-0.39, 0.29) is 34.2 Å². The number of amides is 3. The molecule has 49 heavy (non-hydrogen) atoms. The molecule has 4 heterocycles. The number of aromatic nitrogens is 1. The number of hydrogen-bond acceptors (Lipinski definition) is 10. The Hall–Kier alpha value is -4.78. The van der Waals surface area contributed by atoms with Crippen LogP contribution in [0.4, 0.5) is 14.9 Å². The number of rotatable bonds is 8. The quantitative estimate of drug-likeness (QED) is 0.374. The topological polar surface area (TPSA) is 148 Å². The molecule has 0 bridgehead atoms. The van der Waals surface area contributed by atoms with E-state index >= 15 is 4.39 Å². The number of nitrogens with one attached hydrogen (secondary N) is 1. The summed E-state index contributed by atoms with van der Waals surface area (Å²) in [5, 5.41) is 12.7. The smallest absolute Gasteiger partial charge is 0.318 e. The Kier molecular flexibility index (Phi) is 9.47. The van der Waals surface area contributed by atoms with Crippen molar-refractivity contribution in [3.8, 4) is 17.7 Å². The Balaban J connectivity index is 1.45. The molecule has 6 rings (SSSR count). The van der Waals surface area contributed by atoms with Crippen LogP contribution < -0.4 is 19.1 Å². The summed E-state index contributed by atoms with van der Waals surface area (Å²) in [5.74, 6) is -1.80. The van der Waals surface area contributed by atoms with E-state index in [9.17, 15) is 23.3 Å². The average molecular weight is 692 g/mol. The molecule has 3 aromatic rings.